The number of anilines is 1. The van der Waals surface area contributed by atoms with Crippen LogP contribution in [0.25, 0.3) is 5.57 Å². The number of hydrogen-bond donors (Lipinski definition) is 1. The van der Waals surface area contributed by atoms with Gasteiger partial charge in [-0.3, -0.25) is 9.69 Å². The summed E-state index contributed by atoms with van der Waals surface area (Å²) in [5.74, 6) is -0.00284. The second kappa shape index (κ2) is 7.65. The van der Waals surface area contributed by atoms with E-state index in [1.54, 1.807) is 6.07 Å². The first-order chi connectivity index (χ1) is 11.6. The Bertz CT molecular complexity index is 755. The Morgan fingerprint density at radius 2 is 2.00 bits per heavy atom. The molecular weight excluding hydrogens is 320 g/mol. The van der Waals surface area contributed by atoms with Gasteiger partial charge in [0.2, 0.25) is 5.91 Å². The largest absolute Gasteiger partial charge is 0.325 e. The van der Waals surface area contributed by atoms with Gasteiger partial charge in [-0.15, -0.1) is 0 Å². The van der Waals surface area contributed by atoms with Crippen molar-refractivity contribution in [3.63, 3.8) is 0 Å². The van der Waals surface area contributed by atoms with Gasteiger partial charge in [0.05, 0.1) is 6.54 Å². The molecule has 0 radical (unpaired) electrons. The molecule has 0 bridgehead atoms. The van der Waals surface area contributed by atoms with Crippen LogP contribution in [0.5, 0.6) is 0 Å². The lowest BCUT2D eigenvalue weighted by Crippen LogP contribution is -2.36. The van der Waals surface area contributed by atoms with Gasteiger partial charge in [0.25, 0.3) is 0 Å². The molecule has 0 unspecified atom stereocenters. The minimum absolute atomic E-state index is 0.00284. The number of rotatable bonds is 4. The molecule has 1 heterocycles. The van der Waals surface area contributed by atoms with E-state index in [-0.39, 0.29) is 5.91 Å². The number of carbonyl (C=O) groups excluding carboxylic acids is 1. The van der Waals surface area contributed by atoms with Crippen LogP contribution in [0.1, 0.15) is 17.5 Å². The molecule has 0 atom stereocenters. The molecule has 24 heavy (non-hydrogen) atoms. The van der Waals surface area contributed by atoms with Gasteiger partial charge >= 0.3 is 0 Å². The SMILES string of the molecule is Cc1ccc(Cl)cc1NC(=O)CN1CC=C(c2ccccc2)CC1. The predicted molar refractivity (Wildman–Crippen MR) is 100 cm³/mol. The summed E-state index contributed by atoms with van der Waals surface area (Å²) in [6.45, 7) is 4.04. The Hall–Kier alpha value is -2.10. The van der Waals surface area contributed by atoms with E-state index in [0.29, 0.717) is 11.6 Å². The van der Waals surface area contributed by atoms with Crippen molar-refractivity contribution < 1.29 is 4.79 Å². The highest BCUT2D eigenvalue weighted by atomic mass is 35.5. The Kier molecular flexibility index (Phi) is 5.34. The van der Waals surface area contributed by atoms with Gasteiger partial charge in [0.1, 0.15) is 0 Å². The molecule has 2 aromatic carbocycles. The lowest BCUT2D eigenvalue weighted by Gasteiger charge is -2.26. The normalized spacial score (nSPS) is 15.0. The summed E-state index contributed by atoms with van der Waals surface area (Å²) in [6, 6.07) is 15.9. The summed E-state index contributed by atoms with van der Waals surface area (Å²) < 4.78 is 0. The van der Waals surface area contributed by atoms with Gasteiger partial charge in [0.15, 0.2) is 0 Å². The van der Waals surface area contributed by atoms with E-state index >= 15 is 0 Å². The van der Waals surface area contributed by atoms with E-state index in [0.717, 1.165) is 30.8 Å². The van der Waals surface area contributed by atoms with Crippen molar-refractivity contribution in [2.24, 2.45) is 0 Å². The third-order valence-electron chi connectivity index (χ3n) is 4.28. The van der Waals surface area contributed by atoms with Gasteiger partial charge in [-0.25, -0.2) is 0 Å². The topological polar surface area (TPSA) is 32.3 Å². The molecule has 0 spiro atoms. The number of aryl methyl sites for hydroxylation is 1. The lowest BCUT2D eigenvalue weighted by molar-refractivity contribution is -0.117. The van der Waals surface area contributed by atoms with Crippen LogP contribution < -0.4 is 5.32 Å². The van der Waals surface area contributed by atoms with Crippen LogP contribution in [-0.4, -0.2) is 30.4 Å². The number of amides is 1. The highest BCUT2D eigenvalue weighted by molar-refractivity contribution is 6.31. The number of nitrogens with one attached hydrogen (secondary N) is 1. The maximum Gasteiger partial charge on any atom is 0.238 e. The third-order valence-corrected chi connectivity index (χ3v) is 4.51. The quantitative estimate of drug-likeness (QED) is 0.896. The maximum atomic E-state index is 12.3. The zero-order valence-corrected chi connectivity index (χ0v) is 14.5. The Balaban J connectivity index is 1.57. The van der Waals surface area contributed by atoms with Crippen LogP contribution in [-0.2, 0) is 4.79 Å². The van der Waals surface area contributed by atoms with Crippen molar-refractivity contribution in [1.82, 2.24) is 4.90 Å². The fraction of sp³-hybridized carbons (Fsp3) is 0.250. The monoisotopic (exact) mass is 340 g/mol. The van der Waals surface area contributed by atoms with Gasteiger partial charge < -0.3 is 5.32 Å². The second-order valence-corrected chi connectivity index (χ2v) is 6.52. The number of hydrogen-bond acceptors (Lipinski definition) is 2. The van der Waals surface area contributed by atoms with Crippen LogP contribution >= 0.6 is 11.6 Å². The molecule has 1 N–H and O–H groups in total. The van der Waals surface area contributed by atoms with Crippen molar-refractivity contribution in [3.8, 4) is 0 Å². The summed E-state index contributed by atoms with van der Waals surface area (Å²) >= 11 is 6.00. The Morgan fingerprint density at radius 3 is 2.71 bits per heavy atom. The fourth-order valence-electron chi connectivity index (χ4n) is 2.89. The Morgan fingerprint density at radius 1 is 1.21 bits per heavy atom. The average molecular weight is 341 g/mol. The van der Waals surface area contributed by atoms with E-state index in [4.69, 9.17) is 11.6 Å². The number of carbonyl (C=O) groups is 1. The molecule has 0 aliphatic carbocycles. The zero-order valence-electron chi connectivity index (χ0n) is 13.8. The molecule has 1 amide bonds. The van der Waals surface area contributed by atoms with Crippen LogP contribution in [0.15, 0.2) is 54.6 Å². The van der Waals surface area contributed by atoms with Crippen LogP contribution in [0, 0.1) is 6.92 Å². The van der Waals surface area contributed by atoms with E-state index in [1.807, 2.05) is 25.1 Å². The molecule has 0 saturated heterocycles. The van der Waals surface area contributed by atoms with Gasteiger partial charge in [-0.05, 0) is 42.2 Å². The predicted octanol–water partition coefficient (Wildman–Crippen LogP) is 4.38. The molecule has 1 aliphatic rings. The molecule has 124 valence electrons. The minimum atomic E-state index is -0.00284. The van der Waals surface area contributed by atoms with Gasteiger partial charge in [0, 0.05) is 23.8 Å². The molecule has 0 fully saturated rings. The van der Waals surface area contributed by atoms with E-state index in [2.05, 4.69) is 40.6 Å². The highest BCUT2D eigenvalue weighted by Crippen LogP contribution is 2.22. The lowest BCUT2D eigenvalue weighted by atomic mass is 10.00. The Labute approximate surface area is 147 Å². The van der Waals surface area contributed by atoms with Crippen molar-refractivity contribution in [2.75, 3.05) is 25.0 Å². The maximum absolute atomic E-state index is 12.3. The summed E-state index contributed by atoms with van der Waals surface area (Å²) in [4.78, 5) is 14.4. The van der Waals surface area contributed by atoms with E-state index < -0.39 is 0 Å². The minimum Gasteiger partial charge on any atom is -0.325 e. The van der Waals surface area contributed by atoms with E-state index in [1.165, 1.54) is 11.1 Å². The number of nitrogens with zero attached hydrogens (tertiary/aromatic N) is 1. The van der Waals surface area contributed by atoms with Crippen LogP contribution in [0.3, 0.4) is 0 Å². The molecule has 0 aromatic heterocycles. The molecule has 4 heteroatoms. The first-order valence-corrected chi connectivity index (χ1v) is 8.52. The second-order valence-electron chi connectivity index (χ2n) is 6.09. The van der Waals surface area contributed by atoms with Gasteiger partial charge in [-0.1, -0.05) is 54.1 Å². The van der Waals surface area contributed by atoms with Crippen molar-refractivity contribution in [3.05, 3.63) is 70.8 Å². The summed E-state index contributed by atoms with van der Waals surface area (Å²) in [6.07, 6.45) is 3.18. The fourth-order valence-corrected chi connectivity index (χ4v) is 3.06. The average Bonchev–Trinajstić information content (AvgIpc) is 2.59. The van der Waals surface area contributed by atoms with Gasteiger partial charge in [-0.2, -0.15) is 0 Å². The highest BCUT2D eigenvalue weighted by Gasteiger charge is 2.16. The van der Waals surface area contributed by atoms with Crippen molar-refractivity contribution >= 4 is 28.8 Å². The zero-order chi connectivity index (χ0) is 16.9. The van der Waals surface area contributed by atoms with Crippen LogP contribution in [0.2, 0.25) is 5.02 Å². The summed E-state index contributed by atoms with van der Waals surface area (Å²) in [5, 5.41) is 3.58. The molecular formula is C20H21ClN2O. The van der Waals surface area contributed by atoms with Crippen molar-refractivity contribution in [1.29, 1.82) is 0 Å². The summed E-state index contributed by atoms with van der Waals surface area (Å²) in [5.41, 5.74) is 4.43. The first kappa shape index (κ1) is 16.7. The molecule has 3 nitrogen and oxygen atoms in total. The number of halogens is 1. The van der Waals surface area contributed by atoms with E-state index in [9.17, 15) is 4.79 Å². The first-order valence-electron chi connectivity index (χ1n) is 8.14. The molecule has 3 rings (SSSR count). The van der Waals surface area contributed by atoms with Crippen molar-refractivity contribution in [2.45, 2.75) is 13.3 Å². The van der Waals surface area contributed by atoms with Crippen LogP contribution in [0.4, 0.5) is 5.69 Å². The molecule has 0 saturated carbocycles. The summed E-state index contributed by atoms with van der Waals surface area (Å²) in [7, 11) is 0. The molecule has 1 aliphatic heterocycles. The smallest absolute Gasteiger partial charge is 0.238 e. The molecule has 2 aromatic rings. The standard InChI is InChI=1S/C20H21ClN2O/c1-15-7-8-18(21)13-19(15)22-20(24)14-23-11-9-17(10-12-23)16-5-3-2-4-6-16/h2-9,13H,10-12,14H2,1H3,(H,22,24). The number of benzene rings is 2. The third kappa shape index (κ3) is 4.25.